The average Bonchev–Trinajstić information content (AvgIpc) is 3.89. The molecule has 0 aliphatic rings. The molecule has 9 aromatic carbocycles. The van der Waals surface area contributed by atoms with Gasteiger partial charge in [-0.3, -0.25) is 0 Å². The summed E-state index contributed by atoms with van der Waals surface area (Å²) in [5, 5.41) is 4.98. The molecule has 12 aromatic rings. The summed E-state index contributed by atoms with van der Waals surface area (Å²) in [7, 11) is 0. The predicted octanol–water partition coefficient (Wildman–Crippen LogP) is 15.3. The van der Waals surface area contributed by atoms with Gasteiger partial charge in [0.05, 0.1) is 11.0 Å². The second-order valence-corrected chi connectivity index (χ2v) is 16.6. The Balaban J connectivity index is 1.10. The average molecular weight is 809 g/mol. The molecule has 0 amide bonds. The van der Waals surface area contributed by atoms with Gasteiger partial charge in [0, 0.05) is 58.9 Å². The standard InChI is InChI=1S/C57H36N4S/c1-5-17-37(18-6-1)40-23-15-24-41(33-40)42-31-32-44(50(34-42)57-59-55(38-19-7-2-8-20-38)58-56(60-57)39-21-9-3-10-22-39)46-28-16-29-47-49-35-48-45-27-13-14-30-51(45)61(43-25-11-4-12-26-43)52(48)36-53(49)62-54(46)47/h1-36H. The quantitative estimate of drug-likeness (QED) is 0.161. The molecule has 5 heteroatoms. The highest BCUT2D eigenvalue weighted by Crippen LogP contribution is 2.46. The third kappa shape index (κ3) is 6.18. The maximum atomic E-state index is 5.28. The molecular formula is C57H36N4S. The molecule has 0 fully saturated rings. The van der Waals surface area contributed by atoms with E-state index in [4.69, 9.17) is 15.0 Å². The summed E-state index contributed by atoms with van der Waals surface area (Å²) < 4.78 is 4.87. The van der Waals surface area contributed by atoms with Crippen molar-refractivity contribution in [1.82, 2.24) is 19.5 Å². The normalized spacial score (nSPS) is 11.5. The van der Waals surface area contributed by atoms with Gasteiger partial charge in [-0.25, -0.2) is 15.0 Å². The fourth-order valence-electron chi connectivity index (χ4n) is 8.91. The predicted molar refractivity (Wildman–Crippen MR) is 260 cm³/mol. The Bertz CT molecular complexity index is 3560. The third-order valence-electron chi connectivity index (χ3n) is 11.9. The van der Waals surface area contributed by atoms with Crippen LogP contribution in [0, 0.1) is 0 Å². The molecule has 0 saturated carbocycles. The number of hydrogen-bond donors (Lipinski definition) is 0. The van der Waals surface area contributed by atoms with Crippen molar-refractivity contribution in [3.05, 3.63) is 218 Å². The Labute approximate surface area is 362 Å². The molecule has 0 radical (unpaired) electrons. The SMILES string of the molecule is c1ccc(-c2cccc(-c3ccc(-c4cccc5c4sc4cc6c(cc45)c4ccccc4n6-c4ccccc4)c(-c4nc(-c5ccccc5)nc(-c5ccccc5)n4)c3)c2)cc1. The number of benzene rings is 9. The van der Waals surface area contributed by atoms with E-state index in [1.807, 2.05) is 47.7 Å². The van der Waals surface area contributed by atoms with E-state index in [0.29, 0.717) is 17.5 Å². The van der Waals surface area contributed by atoms with Gasteiger partial charge in [0.2, 0.25) is 0 Å². The summed E-state index contributed by atoms with van der Waals surface area (Å²) >= 11 is 1.85. The van der Waals surface area contributed by atoms with Gasteiger partial charge in [0.15, 0.2) is 17.5 Å². The Morgan fingerprint density at radius 3 is 1.56 bits per heavy atom. The van der Waals surface area contributed by atoms with Crippen LogP contribution in [0.1, 0.15) is 0 Å². The van der Waals surface area contributed by atoms with Crippen LogP contribution in [0.3, 0.4) is 0 Å². The van der Waals surface area contributed by atoms with Crippen LogP contribution in [0.15, 0.2) is 218 Å². The van der Waals surface area contributed by atoms with E-state index in [1.165, 1.54) is 53.1 Å². The molecule has 0 N–H and O–H groups in total. The molecule has 12 rings (SSSR count). The molecule has 4 nitrogen and oxygen atoms in total. The number of rotatable bonds is 7. The molecule has 62 heavy (non-hydrogen) atoms. The van der Waals surface area contributed by atoms with Crippen molar-refractivity contribution in [3.8, 4) is 73.2 Å². The van der Waals surface area contributed by atoms with Crippen LogP contribution >= 0.6 is 11.3 Å². The van der Waals surface area contributed by atoms with Gasteiger partial charge in [-0.1, -0.05) is 176 Å². The molecular weight excluding hydrogens is 773 g/mol. The molecule has 3 aromatic heterocycles. The minimum absolute atomic E-state index is 0.626. The molecule has 3 heterocycles. The van der Waals surface area contributed by atoms with Crippen LogP contribution in [0.2, 0.25) is 0 Å². The van der Waals surface area contributed by atoms with Gasteiger partial charge in [0.1, 0.15) is 0 Å². The van der Waals surface area contributed by atoms with Gasteiger partial charge in [-0.05, 0) is 70.3 Å². The van der Waals surface area contributed by atoms with Crippen molar-refractivity contribution in [2.45, 2.75) is 0 Å². The number of aromatic nitrogens is 4. The first-order valence-corrected chi connectivity index (χ1v) is 21.7. The van der Waals surface area contributed by atoms with Crippen molar-refractivity contribution in [3.63, 3.8) is 0 Å². The highest BCUT2D eigenvalue weighted by atomic mass is 32.1. The van der Waals surface area contributed by atoms with Crippen molar-refractivity contribution in [2.24, 2.45) is 0 Å². The zero-order valence-corrected chi connectivity index (χ0v) is 34.3. The van der Waals surface area contributed by atoms with E-state index in [0.717, 1.165) is 44.6 Å². The van der Waals surface area contributed by atoms with Crippen LogP contribution in [-0.4, -0.2) is 19.5 Å². The Morgan fingerprint density at radius 1 is 0.306 bits per heavy atom. The minimum atomic E-state index is 0.626. The number of fused-ring (bicyclic) bond motifs is 6. The van der Waals surface area contributed by atoms with E-state index in [9.17, 15) is 0 Å². The molecule has 0 unspecified atom stereocenters. The molecule has 0 saturated heterocycles. The van der Waals surface area contributed by atoms with Gasteiger partial charge in [-0.15, -0.1) is 11.3 Å². The fraction of sp³-hybridized carbons (Fsp3) is 0. The lowest BCUT2D eigenvalue weighted by Crippen LogP contribution is -2.01. The maximum absolute atomic E-state index is 5.28. The number of para-hydroxylation sites is 2. The highest BCUT2D eigenvalue weighted by Gasteiger charge is 2.21. The Kier molecular flexibility index (Phi) is 8.65. The smallest absolute Gasteiger partial charge is 0.164 e. The monoisotopic (exact) mass is 808 g/mol. The van der Waals surface area contributed by atoms with Crippen LogP contribution < -0.4 is 0 Å². The van der Waals surface area contributed by atoms with Gasteiger partial charge in [0.25, 0.3) is 0 Å². The van der Waals surface area contributed by atoms with E-state index < -0.39 is 0 Å². The first kappa shape index (κ1) is 35.9. The minimum Gasteiger partial charge on any atom is -0.309 e. The second kappa shape index (κ2) is 14.9. The Hall–Kier alpha value is -7.99. The molecule has 0 atom stereocenters. The van der Waals surface area contributed by atoms with Crippen molar-refractivity contribution in [2.75, 3.05) is 0 Å². The van der Waals surface area contributed by atoms with E-state index in [1.54, 1.807) is 0 Å². The first-order valence-electron chi connectivity index (χ1n) is 20.8. The van der Waals surface area contributed by atoms with Gasteiger partial charge >= 0.3 is 0 Å². The van der Waals surface area contributed by atoms with Crippen molar-refractivity contribution < 1.29 is 0 Å². The fourth-order valence-corrected chi connectivity index (χ4v) is 10.2. The number of thiophene rings is 1. The highest BCUT2D eigenvalue weighted by molar-refractivity contribution is 7.26. The van der Waals surface area contributed by atoms with Crippen LogP contribution in [0.4, 0.5) is 0 Å². The summed E-state index contributed by atoms with van der Waals surface area (Å²) in [4.78, 5) is 15.6. The summed E-state index contributed by atoms with van der Waals surface area (Å²) in [6.45, 7) is 0. The lowest BCUT2D eigenvalue weighted by molar-refractivity contribution is 1.07. The molecule has 0 aliphatic carbocycles. The summed E-state index contributed by atoms with van der Waals surface area (Å²) in [5.41, 5.74) is 13.2. The lowest BCUT2D eigenvalue weighted by atomic mass is 9.92. The second-order valence-electron chi connectivity index (χ2n) is 15.6. The maximum Gasteiger partial charge on any atom is 0.164 e. The van der Waals surface area contributed by atoms with E-state index >= 15 is 0 Å². The summed E-state index contributed by atoms with van der Waals surface area (Å²) in [5.74, 6) is 1.89. The van der Waals surface area contributed by atoms with Crippen molar-refractivity contribution >= 4 is 53.3 Å². The van der Waals surface area contributed by atoms with Crippen molar-refractivity contribution in [1.29, 1.82) is 0 Å². The number of nitrogens with zero attached hydrogens (tertiary/aromatic N) is 4. The largest absolute Gasteiger partial charge is 0.309 e. The van der Waals surface area contributed by atoms with Crippen LogP contribution in [-0.2, 0) is 0 Å². The molecule has 290 valence electrons. The Morgan fingerprint density at radius 2 is 0.855 bits per heavy atom. The zero-order valence-electron chi connectivity index (χ0n) is 33.5. The van der Waals surface area contributed by atoms with Crippen LogP contribution in [0.25, 0.3) is 115 Å². The summed E-state index contributed by atoms with van der Waals surface area (Å²) in [6.07, 6.45) is 0. The lowest BCUT2D eigenvalue weighted by Gasteiger charge is -2.15. The molecule has 0 spiro atoms. The van der Waals surface area contributed by atoms with Gasteiger partial charge < -0.3 is 4.57 Å². The third-order valence-corrected chi connectivity index (χ3v) is 13.1. The first-order chi connectivity index (χ1) is 30.7. The summed E-state index contributed by atoms with van der Waals surface area (Å²) in [6, 6.07) is 77.5. The zero-order chi connectivity index (χ0) is 41.0. The molecule has 0 aliphatic heterocycles. The topological polar surface area (TPSA) is 43.6 Å². The number of hydrogen-bond acceptors (Lipinski definition) is 4. The van der Waals surface area contributed by atoms with Crippen LogP contribution in [0.5, 0.6) is 0 Å². The molecule has 0 bridgehead atoms. The van der Waals surface area contributed by atoms with E-state index in [-0.39, 0.29) is 0 Å². The van der Waals surface area contributed by atoms with E-state index in [2.05, 4.69) is 187 Å². The van der Waals surface area contributed by atoms with Gasteiger partial charge in [-0.2, -0.15) is 0 Å².